The van der Waals surface area contributed by atoms with Crippen molar-refractivity contribution >= 4 is 28.4 Å². The lowest BCUT2D eigenvalue weighted by Crippen LogP contribution is -2.32. The molecule has 0 aliphatic heterocycles. The molecule has 2 heterocycles. The van der Waals surface area contributed by atoms with Crippen LogP contribution in [-0.4, -0.2) is 37.3 Å². The van der Waals surface area contributed by atoms with Crippen molar-refractivity contribution in [2.75, 3.05) is 17.2 Å². The maximum atomic E-state index is 13.9. The molecule has 0 atom stereocenters. The summed E-state index contributed by atoms with van der Waals surface area (Å²) in [6.07, 6.45) is 2.56. The molecular weight excluding hydrogens is 399 g/mol. The summed E-state index contributed by atoms with van der Waals surface area (Å²) >= 11 is 0. The van der Waals surface area contributed by atoms with Gasteiger partial charge in [0.15, 0.2) is 5.65 Å². The molecule has 4 rings (SSSR count). The van der Waals surface area contributed by atoms with Gasteiger partial charge in [0.1, 0.15) is 29.4 Å². The molecular formula is C22H19FN6O2. The number of phenols is 1. The summed E-state index contributed by atoms with van der Waals surface area (Å²) in [7, 11) is 0. The third kappa shape index (κ3) is 3.93. The average Bonchev–Trinajstić information content (AvgIpc) is 3.14. The van der Waals surface area contributed by atoms with Crippen LogP contribution in [0.3, 0.4) is 0 Å². The Morgan fingerprint density at radius 3 is 2.71 bits per heavy atom. The molecule has 0 saturated heterocycles. The van der Waals surface area contributed by atoms with Crippen molar-refractivity contribution in [2.45, 2.75) is 6.54 Å². The lowest BCUT2D eigenvalue weighted by atomic mass is 10.1. The normalized spacial score (nSPS) is 10.9. The van der Waals surface area contributed by atoms with Gasteiger partial charge < -0.3 is 15.7 Å². The molecule has 2 aromatic heterocycles. The van der Waals surface area contributed by atoms with E-state index in [0.717, 1.165) is 6.07 Å². The fourth-order valence-corrected chi connectivity index (χ4v) is 3.38. The predicted octanol–water partition coefficient (Wildman–Crippen LogP) is 3.14. The number of hydrogen-bond acceptors (Lipinski definition) is 6. The third-order valence-corrected chi connectivity index (χ3v) is 4.76. The largest absolute Gasteiger partial charge is 0.508 e. The van der Waals surface area contributed by atoms with E-state index >= 15 is 0 Å². The second-order valence-electron chi connectivity index (χ2n) is 6.76. The summed E-state index contributed by atoms with van der Waals surface area (Å²) in [6, 6.07) is 12.8. The molecule has 1 amide bonds. The molecule has 9 heteroatoms. The van der Waals surface area contributed by atoms with E-state index in [1.807, 2.05) is 30.3 Å². The summed E-state index contributed by atoms with van der Waals surface area (Å²) in [5.74, 6) is -0.927. The van der Waals surface area contributed by atoms with Gasteiger partial charge >= 0.3 is 0 Å². The van der Waals surface area contributed by atoms with Crippen LogP contribution in [0, 0.1) is 5.82 Å². The van der Waals surface area contributed by atoms with Crippen LogP contribution in [0.1, 0.15) is 0 Å². The van der Waals surface area contributed by atoms with Gasteiger partial charge in [-0.2, -0.15) is 5.10 Å². The van der Waals surface area contributed by atoms with Gasteiger partial charge in [0.05, 0.1) is 11.9 Å². The molecule has 31 heavy (non-hydrogen) atoms. The number of phenolic OH excluding ortho intramolecular Hbond substituents is 1. The minimum absolute atomic E-state index is 0.178. The number of para-hydroxylation sites is 1. The summed E-state index contributed by atoms with van der Waals surface area (Å²) in [5, 5.41) is 14.8. The summed E-state index contributed by atoms with van der Waals surface area (Å²) in [6.45, 7) is 4.14. The van der Waals surface area contributed by atoms with Crippen LogP contribution in [-0.2, 0) is 11.3 Å². The summed E-state index contributed by atoms with van der Waals surface area (Å²) in [4.78, 5) is 22.3. The van der Waals surface area contributed by atoms with Crippen LogP contribution in [0.2, 0.25) is 0 Å². The number of benzene rings is 2. The summed E-state index contributed by atoms with van der Waals surface area (Å²) in [5.41, 5.74) is 7.89. The molecule has 0 unspecified atom stereocenters. The Bertz CT molecular complexity index is 1250. The SMILES string of the molecule is C=CC(=O)N(CCn1nc(-c2cc(O)cc(F)c2)c2c(N)ncnc21)c1ccccc1. The highest BCUT2D eigenvalue weighted by Gasteiger charge is 2.20. The number of nitrogen functional groups attached to an aromatic ring is 1. The van der Waals surface area contributed by atoms with Crippen LogP contribution >= 0.6 is 0 Å². The zero-order valence-corrected chi connectivity index (χ0v) is 16.4. The van der Waals surface area contributed by atoms with Crippen LogP contribution in [0.4, 0.5) is 15.9 Å². The first-order chi connectivity index (χ1) is 15.0. The van der Waals surface area contributed by atoms with E-state index in [2.05, 4.69) is 21.6 Å². The van der Waals surface area contributed by atoms with E-state index in [1.54, 1.807) is 9.58 Å². The second-order valence-corrected chi connectivity index (χ2v) is 6.76. The first kappa shape index (κ1) is 20.0. The lowest BCUT2D eigenvalue weighted by molar-refractivity contribution is -0.114. The molecule has 0 spiro atoms. The Balaban J connectivity index is 1.75. The van der Waals surface area contributed by atoms with Crippen molar-refractivity contribution in [1.82, 2.24) is 19.7 Å². The van der Waals surface area contributed by atoms with E-state index < -0.39 is 5.82 Å². The molecule has 3 N–H and O–H groups in total. The molecule has 4 aromatic rings. The van der Waals surface area contributed by atoms with Gasteiger partial charge in [0.2, 0.25) is 5.91 Å². The van der Waals surface area contributed by atoms with Gasteiger partial charge in [-0.05, 0) is 30.3 Å². The van der Waals surface area contributed by atoms with Crippen molar-refractivity contribution in [2.24, 2.45) is 0 Å². The average molecular weight is 418 g/mol. The van der Waals surface area contributed by atoms with Crippen molar-refractivity contribution in [3.8, 4) is 17.0 Å². The molecule has 156 valence electrons. The van der Waals surface area contributed by atoms with Crippen molar-refractivity contribution in [1.29, 1.82) is 0 Å². The van der Waals surface area contributed by atoms with Crippen molar-refractivity contribution in [3.05, 3.63) is 73.3 Å². The number of amides is 1. The number of nitrogens with zero attached hydrogens (tertiary/aromatic N) is 5. The highest BCUT2D eigenvalue weighted by atomic mass is 19.1. The Kier molecular flexibility index (Phi) is 5.31. The molecule has 0 saturated carbocycles. The number of aromatic hydroxyl groups is 1. The van der Waals surface area contributed by atoms with Crippen LogP contribution in [0.25, 0.3) is 22.3 Å². The predicted molar refractivity (Wildman–Crippen MR) is 116 cm³/mol. The first-order valence-corrected chi connectivity index (χ1v) is 9.44. The molecule has 0 radical (unpaired) electrons. The van der Waals surface area contributed by atoms with Gasteiger partial charge in [-0.25, -0.2) is 19.0 Å². The quantitative estimate of drug-likeness (QED) is 0.466. The zero-order valence-electron chi connectivity index (χ0n) is 16.4. The Morgan fingerprint density at radius 2 is 2.00 bits per heavy atom. The number of halogens is 1. The molecule has 0 aliphatic carbocycles. The van der Waals surface area contributed by atoms with Crippen LogP contribution < -0.4 is 10.6 Å². The maximum Gasteiger partial charge on any atom is 0.250 e. The fourth-order valence-electron chi connectivity index (χ4n) is 3.38. The number of carbonyl (C=O) groups excluding carboxylic acids is 1. The lowest BCUT2D eigenvalue weighted by Gasteiger charge is -2.21. The van der Waals surface area contributed by atoms with E-state index in [-0.39, 0.29) is 30.6 Å². The number of anilines is 2. The van der Waals surface area contributed by atoms with E-state index in [4.69, 9.17) is 5.73 Å². The third-order valence-electron chi connectivity index (χ3n) is 4.76. The number of fused-ring (bicyclic) bond motifs is 1. The zero-order chi connectivity index (χ0) is 22.0. The van der Waals surface area contributed by atoms with Gasteiger partial charge in [-0.15, -0.1) is 0 Å². The molecule has 8 nitrogen and oxygen atoms in total. The number of carbonyl (C=O) groups is 1. The number of nitrogens with two attached hydrogens (primary N) is 1. The van der Waals surface area contributed by atoms with E-state index in [9.17, 15) is 14.3 Å². The number of aromatic nitrogens is 4. The second kappa shape index (κ2) is 8.23. The standard InChI is InChI=1S/C22H19FN6O2/c1-2-18(31)28(16-6-4-3-5-7-16)8-9-29-22-19(21(24)25-13-26-22)20(27-29)14-10-15(23)12-17(30)11-14/h2-7,10-13,30H,1,8-9H2,(H2,24,25,26). The monoisotopic (exact) mass is 418 g/mol. The van der Waals surface area contributed by atoms with Gasteiger partial charge in [0, 0.05) is 23.9 Å². The summed E-state index contributed by atoms with van der Waals surface area (Å²) < 4.78 is 15.5. The van der Waals surface area contributed by atoms with Gasteiger partial charge in [-0.3, -0.25) is 4.79 Å². The Morgan fingerprint density at radius 1 is 1.23 bits per heavy atom. The molecule has 0 bridgehead atoms. The Labute approximate surface area is 177 Å². The maximum absolute atomic E-state index is 13.9. The number of rotatable bonds is 6. The fraction of sp³-hybridized carbons (Fsp3) is 0.0909. The molecule has 0 fully saturated rings. The molecule has 0 aliphatic rings. The Hall–Kier alpha value is -4.27. The van der Waals surface area contributed by atoms with Crippen molar-refractivity contribution < 1.29 is 14.3 Å². The van der Waals surface area contributed by atoms with Crippen LogP contribution in [0.15, 0.2) is 67.5 Å². The van der Waals surface area contributed by atoms with Gasteiger partial charge in [-0.1, -0.05) is 24.8 Å². The minimum Gasteiger partial charge on any atom is -0.508 e. The van der Waals surface area contributed by atoms with Gasteiger partial charge in [0.25, 0.3) is 0 Å². The first-order valence-electron chi connectivity index (χ1n) is 9.44. The molecule has 2 aromatic carbocycles. The van der Waals surface area contributed by atoms with Crippen LogP contribution in [0.5, 0.6) is 5.75 Å². The smallest absolute Gasteiger partial charge is 0.250 e. The van der Waals surface area contributed by atoms with E-state index in [0.29, 0.717) is 28.0 Å². The van der Waals surface area contributed by atoms with E-state index in [1.165, 1.54) is 24.5 Å². The topological polar surface area (TPSA) is 110 Å². The number of hydrogen-bond donors (Lipinski definition) is 2. The minimum atomic E-state index is -0.611. The highest BCUT2D eigenvalue weighted by Crippen LogP contribution is 2.32. The highest BCUT2D eigenvalue weighted by molar-refractivity contribution is 6.01. The van der Waals surface area contributed by atoms with Crippen molar-refractivity contribution in [3.63, 3.8) is 0 Å².